The second-order valence-electron chi connectivity index (χ2n) is 5.96. The first kappa shape index (κ1) is 14.8. The van der Waals surface area contributed by atoms with Crippen LogP contribution in [0.3, 0.4) is 0 Å². The Kier molecular flexibility index (Phi) is 3.69. The summed E-state index contributed by atoms with van der Waals surface area (Å²) in [7, 11) is 1.67. The highest BCUT2D eigenvalue weighted by Crippen LogP contribution is 2.25. The standard InChI is InChI=1S/C19H18N2O3/c1-23-15-7-6-14-12-21(9-3-4-13(14)10-15)19(22)18-11-16-17(24-18)5-2-8-20-16/h2,5-8,10-11H,3-4,9,12H2,1H3. The van der Waals surface area contributed by atoms with E-state index >= 15 is 0 Å². The van der Waals surface area contributed by atoms with Crippen molar-refractivity contribution < 1.29 is 13.9 Å². The van der Waals surface area contributed by atoms with Gasteiger partial charge < -0.3 is 14.1 Å². The molecule has 1 aliphatic heterocycles. The average molecular weight is 322 g/mol. The average Bonchev–Trinajstić information content (AvgIpc) is 2.93. The van der Waals surface area contributed by atoms with Crippen LogP contribution in [-0.2, 0) is 13.0 Å². The molecule has 3 aromatic rings. The number of aromatic nitrogens is 1. The summed E-state index contributed by atoms with van der Waals surface area (Å²) in [5.41, 5.74) is 3.76. The summed E-state index contributed by atoms with van der Waals surface area (Å²) >= 11 is 0. The van der Waals surface area contributed by atoms with E-state index in [4.69, 9.17) is 9.15 Å². The van der Waals surface area contributed by atoms with Gasteiger partial charge in [0.05, 0.1) is 7.11 Å². The van der Waals surface area contributed by atoms with Gasteiger partial charge in [-0.25, -0.2) is 0 Å². The van der Waals surface area contributed by atoms with Crippen LogP contribution in [0.15, 0.2) is 47.0 Å². The third-order valence-corrected chi connectivity index (χ3v) is 4.43. The number of aryl methyl sites for hydroxylation is 1. The van der Waals surface area contributed by atoms with E-state index < -0.39 is 0 Å². The van der Waals surface area contributed by atoms with Crippen molar-refractivity contribution in [1.29, 1.82) is 0 Å². The van der Waals surface area contributed by atoms with E-state index in [0.29, 0.717) is 29.9 Å². The largest absolute Gasteiger partial charge is 0.497 e. The molecule has 0 atom stereocenters. The second kappa shape index (κ2) is 6.00. The summed E-state index contributed by atoms with van der Waals surface area (Å²) in [6.45, 7) is 1.29. The highest BCUT2D eigenvalue weighted by atomic mass is 16.5. The third-order valence-electron chi connectivity index (χ3n) is 4.43. The Morgan fingerprint density at radius 2 is 2.17 bits per heavy atom. The molecule has 4 rings (SSSR count). The molecule has 1 aliphatic rings. The van der Waals surface area contributed by atoms with Gasteiger partial charge in [-0.1, -0.05) is 6.07 Å². The maximum Gasteiger partial charge on any atom is 0.289 e. The van der Waals surface area contributed by atoms with Crippen LogP contribution in [0.2, 0.25) is 0 Å². The number of nitrogens with zero attached hydrogens (tertiary/aromatic N) is 2. The van der Waals surface area contributed by atoms with Crippen molar-refractivity contribution in [2.75, 3.05) is 13.7 Å². The van der Waals surface area contributed by atoms with Gasteiger partial charge in [-0.3, -0.25) is 9.78 Å². The summed E-state index contributed by atoms with van der Waals surface area (Å²) < 4.78 is 11.0. The Balaban J connectivity index is 1.62. The number of pyridine rings is 1. The van der Waals surface area contributed by atoms with Gasteiger partial charge in [0.25, 0.3) is 5.91 Å². The summed E-state index contributed by atoms with van der Waals surface area (Å²) in [4.78, 5) is 18.9. The Bertz CT molecular complexity index is 868. The van der Waals surface area contributed by atoms with Crippen molar-refractivity contribution in [1.82, 2.24) is 9.88 Å². The third kappa shape index (κ3) is 2.62. The first-order chi connectivity index (χ1) is 11.7. The van der Waals surface area contributed by atoms with Crippen LogP contribution in [-0.4, -0.2) is 29.4 Å². The number of ether oxygens (including phenoxy) is 1. The van der Waals surface area contributed by atoms with Gasteiger partial charge in [0, 0.05) is 25.4 Å². The molecule has 1 amide bonds. The zero-order valence-corrected chi connectivity index (χ0v) is 13.5. The van der Waals surface area contributed by atoms with Crippen molar-refractivity contribution >= 4 is 17.0 Å². The fraction of sp³-hybridized carbons (Fsp3) is 0.263. The lowest BCUT2D eigenvalue weighted by molar-refractivity contribution is 0.0716. The molecule has 24 heavy (non-hydrogen) atoms. The predicted molar refractivity (Wildman–Crippen MR) is 90.1 cm³/mol. The Labute approximate surface area is 139 Å². The van der Waals surface area contributed by atoms with E-state index in [1.54, 1.807) is 25.4 Å². The Morgan fingerprint density at radius 1 is 1.25 bits per heavy atom. The minimum Gasteiger partial charge on any atom is -0.497 e. The second-order valence-corrected chi connectivity index (χ2v) is 5.96. The number of carbonyl (C=O) groups is 1. The number of furan rings is 1. The SMILES string of the molecule is COc1ccc2c(c1)CCCN(C(=O)c1cc3ncccc3o1)C2. The molecule has 2 aromatic heterocycles. The molecular formula is C19H18N2O3. The number of amides is 1. The van der Waals surface area contributed by atoms with Gasteiger partial charge in [0.2, 0.25) is 0 Å². The molecule has 0 bridgehead atoms. The monoisotopic (exact) mass is 322 g/mol. The van der Waals surface area contributed by atoms with Gasteiger partial charge >= 0.3 is 0 Å². The van der Waals surface area contributed by atoms with Crippen molar-refractivity contribution in [2.24, 2.45) is 0 Å². The first-order valence-electron chi connectivity index (χ1n) is 8.04. The molecule has 0 unspecified atom stereocenters. The topological polar surface area (TPSA) is 55.6 Å². The number of fused-ring (bicyclic) bond motifs is 2. The number of methoxy groups -OCH3 is 1. The van der Waals surface area contributed by atoms with Gasteiger partial charge in [-0.05, 0) is 48.2 Å². The van der Waals surface area contributed by atoms with Crippen LogP contribution in [0.25, 0.3) is 11.1 Å². The van der Waals surface area contributed by atoms with Gasteiger partial charge in [0.15, 0.2) is 11.3 Å². The van der Waals surface area contributed by atoms with Crippen molar-refractivity contribution in [2.45, 2.75) is 19.4 Å². The van der Waals surface area contributed by atoms with Gasteiger partial charge in [-0.2, -0.15) is 0 Å². The minimum atomic E-state index is -0.0864. The first-order valence-corrected chi connectivity index (χ1v) is 8.04. The van der Waals surface area contributed by atoms with E-state index in [1.165, 1.54) is 5.56 Å². The maximum absolute atomic E-state index is 12.8. The number of rotatable bonds is 2. The summed E-state index contributed by atoms with van der Waals surface area (Å²) in [6, 6.07) is 11.4. The molecule has 0 saturated carbocycles. The van der Waals surface area contributed by atoms with Crippen molar-refractivity contribution in [3.63, 3.8) is 0 Å². The lowest BCUT2D eigenvalue weighted by atomic mass is 10.0. The Morgan fingerprint density at radius 3 is 3.00 bits per heavy atom. The molecule has 0 fully saturated rings. The van der Waals surface area contributed by atoms with Gasteiger partial charge in [-0.15, -0.1) is 0 Å². The molecule has 3 heterocycles. The fourth-order valence-electron chi connectivity index (χ4n) is 3.17. The lowest BCUT2D eigenvalue weighted by Crippen LogP contribution is -2.30. The molecule has 1 aromatic carbocycles. The number of hydrogen-bond acceptors (Lipinski definition) is 4. The van der Waals surface area contributed by atoms with E-state index in [1.807, 2.05) is 23.1 Å². The normalized spacial score (nSPS) is 14.3. The van der Waals surface area contributed by atoms with Crippen LogP contribution < -0.4 is 4.74 Å². The highest BCUT2D eigenvalue weighted by Gasteiger charge is 2.23. The van der Waals surface area contributed by atoms with E-state index in [0.717, 1.165) is 24.2 Å². The number of hydrogen-bond donors (Lipinski definition) is 0. The molecule has 122 valence electrons. The molecule has 0 aliphatic carbocycles. The fourth-order valence-corrected chi connectivity index (χ4v) is 3.17. The number of benzene rings is 1. The minimum absolute atomic E-state index is 0.0864. The van der Waals surface area contributed by atoms with Crippen LogP contribution in [0, 0.1) is 0 Å². The smallest absolute Gasteiger partial charge is 0.289 e. The molecule has 0 radical (unpaired) electrons. The predicted octanol–water partition coefficient (Wildman–Crippen LogP) is 3.43. The summed E-state index contributed by atoms with van der Waals surface area (Å²) in [5.74, 6) is 1.12. The zero-order chi connectivity index (χ0) is 16.5. The zero-order valence-electron chi connectivity index (χ0n) is 13.5. The van der Waals surface area contributed by atoms with E-state index in [2.05, 4.69) is 11.1 Å². The van der Waals surface area contributed by atoms with Gasteiger partial charge in [0.1, 0.15) is 11.3 Å². The van der Waals surface area contributed by atoms with Crippen LogP contribution in [0.5, 0.6) is 5.75 Å². The Hall–Kier alpha value is -2.82. The maximum atomic E-state index is 12.8. The molecule has 5 nitrogen and oxygen atoms in total. The highest BCUT2D eigenvalue weighted by molar-refractivity contribution is 5.95. The number of carbonyl (C=O) groups excluding carboxylic acids is 1. The van der Waals surface area contributed by atoms with Crippen LogP contribution in [0.1, 0.15) is 28.1 Å². The van der Waals surface area contributed by atoms with Crippen LogP contribution in [0.4, 0.5) is 0 Å². The van der Waals surface area contributed by atoms with Crippen molar-refractivity contribution in [3.05, 3.63) is 59.5 Å². The summed E-state index contributed by atoms with van der Waals surface area (Å²) in [6.07, 6.45) is 3.56. The summed E-state index contributed by atoms with van der Waals surface area (Å²) in [5, 5.41) is 0. The van der Waals surface area contributed by atoms with E-state index in [-0.39, 0.29) is 5.91 Å². The molecule has 0 spiro atoms. The molecule has 0 saturated heterocycles. The van der Waals surface area contributed by atoms with Crippen molar-refractivity contribution in [3.8, 4) is 5.75 Å². The molecule has 5 heteroatoms. The quantitative estimate of drug-likeness (QED) is 0.725. The lowest BCUT2D eigenvalue weighted by Gasteiger charge is -2.19. The molecular weight excluding hydrogens is 304 g/mol. The molecule has 0 N–H and O–H groups in total. The van der Waals surface area contributed by atoms with Crippen LogP contribution >= 0.6 is 0 Å². The van der Waals surface area contributed by atoms with E-state index in [9.17, 15) is 4.79 Å².